The molecule has 1 aromatic heterocycles. The zero-order chi connectivity index (χ0) is 13.2. The first-order chi connectivity index (χ1) is 8.53. The van der Waals surface area contributed by atoms with E-state index in [1.807, 2.05) is 18.2 Å². The number of nitrogens with zero attached hydrogens (tertiary/aromatic N) is 2. The number of fused-ring (bicyclic) bond motifs is 1. The van der Waals surface area contributed by atoms with Crippen LogP contribution in [0.1, 0.15) is 6.92 Å². The summed E-state index contributed by atoms with van der Waals surface area (Å²) in [4.78, 5) is 8.02. The minimum Gasteiger partial charge on any atom is -0.226 e. The Bertz CT molecular complexity index is 658. The van der Waals surface area contributed by atoms with Crippen molar-refractivity contribution in [3.05, 3.63) is 30.5 Å². The van der Waals surface area contributed by atoms with Gasteiger partial charge in [-0.2, -0.15) is 0 Å². The van der Waals surface area contributed by atoms with Crippen LogP contribution in [0.4, 0.5) is 0 Å². The molecule has 0 aliphatic rings. The van der Waals surface area contributed by atoms with Gasteiger partial charge in [0, 0.05) is 17.5 Å². The van der Waals surface area contributed by atoms with Crippen molar-refractivity contribution in [3.63, 3.8) is 0 Å². The molecule has 6 heteroatoms. The zero-order valence-electron chi connectivity index (χ0n) is 9.88. The third-order valence-electron chi connectivity index (χ3n) is 2.51. The van der Waals surface area contributed by atoms with Gasteiger partial charge in [-0.25, -0.2) is 18.4 Å². The molecule has 0 saturated heterocycles. The topological polar surface area (TPSA) is 59.9 Å². The van der Waals surface area contributed by atoms with Gasteiger partial charge >= 0.3 is 0 Å². The Kier molecular flexibility index (Phi) is 3.82. The Morgan fingerprint density at radius 3 is 2.78 bits per heavy atom. The largest absolute Gasteiger partial charge is 0.247 e. The van der Waals surface area contributed by atoms with Gasteiger partial charge in [0.05, 0.1) is 11.3 Å². The van der Waals surface area contributed by atoms with Gasteiger partial charge in [0.2, 0.25) is 15.0 Å². The molecule has 0 saturated carbocycles. The van der Waals surface area contributed by atoms with Crippen LogP contribution < -0.4 is 0 Å². The summed E-state index contributed by atoms with van der Waals surface area (Å²) in [6, 6.07) is 7.27. The van der Waals surface area contributed by atoms with Gasteiger partial charge in [0.1, 0.15) is 0 Å². The molecule has 0 aliphatic carbocycles. The second-order valence-corrected chi connectivity index (χ2v) is 6.49. The average Bonchev–Trinajstić information content (AvgIpc) is 2.37. The highest BCUT2D eigenvalue weighted by atomic mass is 35.5. The van der Waals surface area contributed by atoms with E-state index in [-0.39, 0.29) is 16.8 Å². The summed E-state index contributed by atoms with van der Waals surface area (Å²) >= 11 is 5.64. The number of para-hydroxylation sites is 1. The van der Waals surface area contributed by atoms with E-state index in [4.69, 9.17) is 11.6 Å². The molecule has 4 nitrogen and oxygen atoms in total. The van der Waals surface area contributed by atoms with E-state index in [0.717, 1.165) is 5.39 Å². The Hall–Kier alpha value is -1.20. The number of benzene rings is 1. The molecular formula is C12H13ClN2O2S. The van der Waals surface area contributed by atoms with E-state index in [1.165, 1.54) is 6.20 Å². The molecule has 0 bridgehead atoms. The maximum Gasteiger partial charge on any atom is 0.247 e. The molecule has 2 aromatic rings. The van der Waals surface area contributed by atoms with Gasteiger partial charge in [-0.05, 0) is 12.0 Å². The van der Waals surface area contributed by atoms with E-state index >= 15 is 0 Å². The predicted molar refractivity (Wildman–Crippen MR) is 71.5 cm³/mol. The average molecular weight is 285 g/mol. The van der Waals surface area contributed by atoms with Crippen molar-refractivity contribution in [2.45, 2.75) is 12.1 Å². The first kappa shape index (κ1) is 13.2. The van der Waals surface area contributed by atoms with Crippen molar-refractivity contribution in [1.82, 2.24) is 9.97 Å². The van der Waals surface area contributed by atoms with E-state index in [0.29, 0.717) is 11.4 Å². The molecule has 0 fully saturated rings. The second kappa shape index (κ2) is 5.20. The number of rotatable bonds is 4. The molecule has 0 spiro atoms. The Labute approximate surface area is 111 Å². The standard InChI is InChI=1S/C12H13ClN2O2S/c1-9(6-13)8-18(16,17)12-14-7-10-4-2-3-5-11(10)15-12/h2-5,7,9H,6,8H2,1H3. The third-order valence-corrected chi connectivity index (χ3v) is 4.80. The lowest BCUT2D eigenvalue weighted by atomic mass is 10.2. The maximum atomic E-state index is 12.1. The van der Waals surface area contributed by atoms with Crippen LogP contribution in [-0.4, -0.2) is 30.0 Å². The van der Waals surface area contributed by atoms with E-state index < -0.39 is 9.84 Å². The summed E-state index contributed by atoms with van der Waals surface area (Å²) in [5.41, 5.74) is 0.629. The van der Waals surface area contributed by atoms with Crippen LogP contribution in [0.25, 0.3) is 10.9 Å². The van der Waals surface area contributed by atoms with Crippen LogP contribution in [0.3, 0.4) is 0 Å². The van der Waals surface area contributed by atoms with Crippen molar-refractivity contribution in [1.29, 1.82) is 0 Å². The van der Waals surface area contributed by atoms with E-state index in [9.17, 15) is 8.42 Å². The van der Waals surface area contributed by atoms with Gasteiger partial charge in [-0.3, -0.25) is 0 Å². The number of hydrogen-bond donors (Lipinski definition) is 0. The summed E-state index contributed by atoms with van der Waals surface area (Å²) in [6.45, 7) is 1.78. The first-order valence-corrected chi connectivity index (χ1v) is 7.72. The molecule has 1 atom stereocenters. The molecule has 0 amide bonds. The van der Waals surface area contributed by atoms with Gasteiger partial charge in [-0.1, -0.05) is 25.1 Å². The van der Waals surface area contributed by atoms with Gasteiger partial charge in [-0.15, -0.1) is 11.6 Å². The third kappa shape index (κ3) is 2.79. The van der Waals surface area contributed by atoms with Crippen molar-refractivity contribution >= 4 is 32.3 Å². The molecule has 18 heavy (non-hydrogen) atoms. The minimum atomic E-state index is -3.47. The van der Waals surface area contributed by atoms with Crippen LogP contribution in [0.5, 0.6) is 0 Å². The number of aromatic nitrogens is 2. The second-order valence-electron chi connectivity index (χ2n) is 4.25. The maximum absolute atomic E-state index is 12.1. The predicted octanol–water partition coefficient (Wildman–Crippen LogP) is 2.28. The summed E-state index contributed by atoms with van der Waals surface area (Å²) in [5.74, 6) is 0.147. The van der Waals surface area contributed by atoms with Crippen molar-refractivity contribution in [3.8, 4) is 0 Å². The summed E-state index contributed by atoms with van der Waals surface area (Å²) in [5, 5.41) is 0.694. The zero-order valence-corrected chi connectivity index (χ0v) is 11.4. The summed E-state index contributed by atoms with van der Waals surface area (Å²) in [7, 11) is -3.47. The lowest BCUT2D eigenvalue weighted by Gasteiger charge is -2.07. The van der Waals surface area contributed by atoms with Crippen LogP contribution in [0, 0.1) is 5.92 Å². The van der Waals surface area contributed by atoms with Crippen molar-refractivity contribution in [2.75, 3.05) is 11.6 Å². The lowest BCUT2D eigenvalue weighted by Crippen LogP contribution is -2.17. The molecule has 96 valence electrons. The summed E-state index contributed by atoms with van der Waals surface area (Å²) < 4.78 is 24.1. The molecule has 1 aromatic carbocycles. The molecule has 0 aliphatic heterocycles. The van der Waals surface area contributed by atoms with Crippen LogP contribution >= 0.6 is 11.6 Å². The summed E-state index contributed by atoms with van der Waals surface area (Å²) in [6.07, 6.45) is 1.53. The Balaban J connectivity index is 2.41. The van der Waals surface area contributed by atoms with Gasteiger partial charge < -0.3 is 0 Å². The van der Waals surface area contributed by atoms with Crippen molar-refractivity contribution < 1.29 is 8.42 Å². The monoisotopic (exact) mass is 284 g/mol. The highest BCUT2D eigenvalue weighted by Gasteiger charge is 2.21. The molecule has 0 N–H and O–H groups in total. The molecular weight excluding hydrogens is 272 g/mol. The number of hydrogen-bond acceptors (Lipinski definition) is 4. The number of alkyl halides is 1. The first-order valence-electron chi connectivity index (χ1n) is 5.53. The fourth-order valence-corrected chi connectivity index (χ4v) is 3.30. The smallest absolute Gasteiger partial charge is 0.226 e. The lowest BCUT2D eigenvalue weighted by molar-refractivity contribution is 0.575. The van der Waals surface area contributed by atoms with Crippen LogP contribution in [-0.2, 0) is 9.84 Å². The fraction of sp³-hybridized carbons (Fsp3) is 0.333. The highest BCUT2D eigenvalue weighted by Crippen LogP contribution is 2.15. The minimum absolute atomic E-state index is 0.0329. The Morgan fingerprint density at radius 2 is 2.06 bits per heavy atom. The molecule has 1 heterocycles. The van der Waals surface area contributed by atoms with Gasteiger partial charge in [0.25, 0.3) is 0 Å². The number of halogens is 1. The van der Waals surface area contributed by atoms with E-state index in [2.05, 4.69) is 9.97 Å². The van der Waals surface area contributed by atoms with Gasteiger partial charge in [0.15, 0.2) is 0 Å². The van der Waals surface area contributed by atoms with Crippen molar-refractivity contribution in [2.24, 2.45) is 5.92 Å². The normalized spacial score (nSPS) is 13.7. The Morgan fingerprint density at radius 1 is 1.33 bits per heavy atom. The SMILES string of the molecule is CC(CCl)CS(=O)(=O)c1ncc2ccccc2n1. The molecule has 1 unspecified atom stereocenters. The quantitative estimate of drug-likeness (QED) is 0.638. The van der Waals surface area contributed by atoms with E-state index in [1.54, 1.807) is 13.0 Å². The van der Waals surface area contributed by atoms with Crippen LogP contribution in [0.15, 0.2) is 35.6 Å². The highest BCUT2D eigenvalue weighted by molar-refractivity contribution is 7.91. The molecule has 2 rings (SSSR count). The molecule has 0 radical (unpaired) electrons. The van der Waals surface area contributed by atoms with Crippen LogP contribution in [0.2, 0.25) is 0 Å². The number of sulfone groups is 1. The fourth-order valence-electron chi connectivity index (χ4n) is 1.60.